The second-order valence-electron chi connectivity index (χ2n) is 4.62. The third-order valence-corrected chi connectivity index (χ3v) is 4.31. The second kappa shape index (κ2) is 6.93. The Labute approximate surface area is 132 Å². The van der Waals surface area contributed by atoms with E-state index in [0.29, 0.717) is 11.3 Å². The average Bonchev–Trinajstić information content (AvgIpc) is 2.45. The maximum absolute atomic E-state index is 12.8. The summed E-state index contributed by atoms with van der Waals surface area (Å²) in [4.78, 5) is 12.9. The first-order valence-corrected chi connectivity index (χ1v) is 9.20. The number of carbonyl (C=O) groups excluding carboxylic acids is 1. The van der Waals surface area contributed by atoms with Crippen molar-refractivity contribution in [3.05, 3.63) is 59.9 Å². The van der Waals surface area contributed by atoms with Crippen LogP contribution in [0, 0.1) is 5.82 Å². The monoisotopic (exact) mass is 339 g/mol. The lowest BCUT2D eigenvalue weighted by Crippen LogP contribution is -2.10. The van der Waals surface area contributed by atoms with Crippen LogP contribution in [-0.4, -0.2) is 26.2 Å². The summed E-state index contributed by atoms with van der Waals surface area (Å²) in [6, 6.07) is 12.1. The summed E-state index contributed by atoms with van der Waals surface area (Å²) in [6.07, 6.45) is 1.06. The Morgan fingerprint density at radius 2 is 1.68 bits per heavy atom. The van der Waals surface area contributed by atoms with Crippen LogP contribution in [0.15, 0.2) is 53.4 Å². The van der Waals surface area contributed by atoms with Crippen LogP contribution in [0.3, 0.4) is 0 Å². The number of thioether (sulfide) groups is 1. The van der Waals surface area contributed by atoms with E-state index in [9.17, 15) is 17.6 Å². The first-order valence-electron chi connectivity index (χ1n) is 6.33. The van der Waals surface area contributed by atoms with Gasteiger partial charge in [-0.2, -0.15) is 0 Å². The van der Waals surface area contributed by atoms with Gasteiger partial charge >= 0.3 is 0 Å². The molecule has 0 amide bonds. The van der Waals surface area contributed by atoms with Crippen LogP contribution in [0.25, 0.3) is 0 Å². The van der Waals surface area contributed by atoms with Crippen LogP contribution in [0.1, 0.15) is 10.4 Å². The smallest absolute Gasteiger partial charge is 0.229 e. The molecule has 0 radical (unpaired) electrons. The minimum absolute atomic E-state index is 0.0831. The number of rotatable bonds is 6. The van der Waals surface area contributed by atoms with Crippen LogP contribution >= 0.6 is 11.8 Å². The quantitative estimate of drug-likeness (QED) is 0.648. The molecule has 0 unspecified atom stereocenters. The molecular formula is C15H14FNO3S2. The maximum atomic E-state index is 12.8. The van der Waals surface area contributed by atoms with E-state index in [2.05, 4.69) is 4.72 Å². The van der Waals surface area contributed by atoms with E-state index in [1.165, 1.54) is 36.0 Å². The van der Waals surface area contributed by atoms with Crippen LogP contribution in [-0.2, 0) is 10.0 Å². The molecule has 0 aromatic heterocycles. The highest BCUT2D eigenvalue weighted by Gasteiger charge is 2.08. The van der Waals surface area contributed by atoms with E-state index in [1.807, 2.05) is 0 Å². The van der Waals surface area contributed by atoms with Crippen molar-refractivity contribution in [1.82, 2.24) is 0 Å². The normalized spacial score (nSPS) is 11.2. The molecule has 0 aliphatic heterocycles. The molecule has 22 heavy (non-hydrogen) atoms. The van der Waals surface area contributed by atoms with E-state index in [4.69, 9.17) is 0 Å². The predicted molar refractivity (Wildman–Crippen MR) is 86.4 cm³/mol. The summed E-state index contributed by atoms with van der Waals surface area (Å²) in [6.45, 7) is 0. The van der Waals surface area contributed by atoms with Gasteiger partial charge in [0.05, 0.1) is 12.0 Å². The first kappa shape index (κ1) is 16.5. The summed E-state index contributed by atoms with van der Waals surface area (Å²) in [7, 11) is -3.33. The van der Waals surface area contributed by atoms with E-state index < -0.39 is 10.0 Å². The molecule has 0 aliphatic rings. The van der Waals surface area contributed by atoms with Crippen molar-refractivity contribution in [3.63, 3.8) is 0 Å². The van der Waals surface area contributed by atoms with Crippen molar-refractivity contribution in [1.29, 1.82) is 0 Å². The third-order valence-electron chi connectivity index (χ3n) is 2.69. The number of nitrogens with one attached hydrogen (secondary N) is 1. The molecule has 0 heterocycles. The van der Waals surface area contributed by atoms with Gasteiger partial charge in [-0.15, -0.1) is 11.8 Å². The number of benzene rings is 2. The summed E-state index contributed by atoms with van der Waals surface area (Å²) in [5.74, 6) is -0.172. The van der Waals surface area contributed by atoms with Crippen molar-refractivity contribution in [2.24, 2.45) is 0 Å². The highest BCUT2D eigenvalue weighted by molar-refractivity contribution is 8.00. The van der Waals surface area contributed by atoms with Crippen LogP contribution in [0.5, 0.6) is 0 Å². The Balaban J connectivity index is 1.96. The van der Waals surface area contributed by atoms with E-state index in [-0.39, 0.29) is 17.4 Å². The zero-order chi connectivity index (χ0) is 16.2. The Hall–Kier alpha value is -1.86. The standard InChI is InChI=1S/C15H14FNO3S2/c1-22(19,20)17-13-6-2-11(3-7-13)15(18)10-21-14-8-4-12(16)5-9-14/h2-9,17H,10H2,1H3. The number of hydrogen-bond donors (Lipinski definition) is 1. The molecule has 0 saturated heterocycles. The number of anilines is 1. The Morgan fingerprint density at radius 1 is 1.09 bits per heavy atom. The third kappa shape index (κ3) is 5.16. The molecule has 2 aromatic carbocycles. The second-order valence-corrected chi connectivity index (χ2v) is 7.41. The molecule has 2 rings (SSSR count). The van der Waals surface area contributed by atoms with E-state index >= 15 is 0 Å². The van der Waals surface area contributed by atoms with Crippen molar-refractivity contribution in [2.45, 2.75) is 4.90 Å². The minimum atomic E-state index is -3.33. The minimum Gasteiger partial charge on any atom is -0.293 e. The van der Waals surface area contributed by atoms with Gasteiger partial charge in [-0.1, -0.05) is 0 Å². The summed E-state index contributed by atoms with van der Waals surface area (Å²) in [5.41, 5.74) is 0.902. The van der Waals surface area contributed by atoms with Gasteiger partial charge < -0.3 is 0 Å². The lowest BCUT2D eigenvalue weighted by Gasteiger charge is -2.05. The molecule has 2 aromatic rings. The largest absolute Gasteiger partial charge is 0.293 e. The highest BCUT2D eigenvalue weighted by atomic mass is 32.2. The fraction of sp³-hybridized carbons (Fsp3) is 0.133. The zero-order valence-corrected chi connectivity index (χ0v) is 13.4. The molecule has 0 fully saturated rings. The predicted octanol–water partition coefficient (Wildman–Crippen LogP) is 3.17. The average molecular weight is 339 g/mol. The number of ketones is 1. The fourth-order valence-corrected chi connectivity index (χ4v) is 3.06. The maximum Gasteiger partial charge on any atom is 0.229 e. The van der Waals surface area contributed by atoms with E-state index in [0.717, 1.165) is 11.2 Å². The Kier molecular flexibility index (Phi) is 5.20. The molecule has 0 saturated carbocycles. The number of carbonyl (C=O) groups is 1. The SMILES string of the molecule is CS(=O)(=O)Nc1ccc(C(=O)CSc2ccc(F)cc2)cc1. The van der Waals surface area contributed by atoms with Gasteiger partial charge in [0, 0.05) is 16.1 Å². The van der Waals surface area contributed by atoms with Crippen molar-refractivity contribution >= 4 is 33.3 Å². The van der Waals surface area contributed by atoms with Crippen molar-refractivity contribution in [3.8, 4) is 0 Å². The van der Waals surface area contributed by atoms with Crippen LogP contribution < -0.4 is 4.72 Å². The number of sulfonamides is 1. The van der Waals surface area contributed by atoms with Gasteiger partial charge in [-0.25, -0.2) is 12.8 Å². The Morgan fingerprint density at radius 3 is 2.23 bits per heavy atom. The zero-order valence-electron chi connectivity index (χ0n) is 11.7. The molecular weight excluding hydrogens is 325 g/mol. The highest BCUT2D eigenvalue weighted by Crippen LogP contribution is 2.20. The summed E-state index contributed by atoms with van der Waals surface area (Å²) in [5, 5.41) is 0. The lowest BCUT2D eigenvalue weighted by atomic mass is 10.1. The molecule has 1 N–H and O–H groups in total. The van der Waals surface area contributed by atoms with Crippen molar-refractivity contribution < 1.29 is 17.6 Å². The molecule has 0 spiro atoms. The molecule has 0 atom stereocenters. The first-order chi connectivity index (χ1) is 10.3. The van der Waals surface area contributed by atoms with Gasteiger partial charge in [0.1, 0.15) is 5.82 Å². The van der Waals surface area contributed by atoms with Crippen LogP contribution in [0.2, 0.25) is 0 Å². The van der Waals surface area contributed by atoms with Gasteiger partial charge in [-0.05, 0) is 48.5 Å². The summed E-state index contributed by atoms with van der Waals surface area (Å²) < 4.78 is 37.3. The lowest BCUT2D eigenvalue weighted by molar-refractivity contribution is 0.102. The number of hydrogen-bond acceptors (Lipinski definition) is 4. The van der Waals surface area contributed by atoms with E-state index in [1.54, 1.807) is 24.3 Å². The van der Waals surface area contributed by atoms with Crippen molar-refractivity contribution in [2.75, 3.05) is 16.7 Å². The van der Waals surface area contributed by atoms with Gasteiger partial charge in [-0.3, -0.25) is 9.52 Å². The molecule has 0 bridgehead atoms. The van der Waals surface area contributed by atoms with Gasteiger partial charge in [0.2, 0.25) is 10.0 Å². The molecule has 7 heteroatoms. The topological polar surface area (TPSA) is 63.2 Å². The van der Waals surface area contributed by atoms with Crippen LogP contribution in [0.4, 0.5) is 10.1 Å². The number of halogens is 1. The molecule has 4 nitrogen and oxygen atoms in total. The molecule has 0 aliphatic carbocycles. The number of Topliss-reactive ketones (excluding diaryl/α,β-unsaturated/α-hetero) is 1. The Bertz CT molecular complexity index is 756. The molecule has 116 valence electrons. The van der Waals surface area contributed by atoms with Gasteiger partial charge in [0.25, 0.3) is 0 Å². The summed E-state index contributed by atoms with van der Waals surface area (Å²) >= 11 is 1.32. The van der Waals surface area contributed by atoms with Gasteiger partial charge in [0.15, 0.2) is 5.78 Å². The fourth-order valence-electron chi connectivity index (χ4n) is 1.70.